The molecule has 1 unspecified atom stereocenters. The lowest BCUT2D eigenvalue weighted by molar-refractivity contribution is 0.174. The van der Waals surface area contributed by atoms with Gasteiger partial charge in [0, 0.05) is 12.5 Å². The van der Waals surface area contributed by atoms with Crippen LogP contribution < -0.4 is 4.74 Å². The highest BCUT2D eigenvalue weighted by atomic mass is 19.1. The molecule has 0 aliphatic carbocycles. The third kappa shape index (κ3) is 3.00. The lowest BCUT2D eigenvalue weighted by atomic mass is 10.2. The van der Waals surface area contributed by atoms with Crippen LogP contribution in [-0.4, -0.2) is 18.3 Å². The van der Waals surface area contributed by atoms with Crippen LogP contribution in [0.5, 0.6) is 5.75 Å². The molecule has 1 N–H and O–H groups in total. The molecule has 14 heavy (non-hydrogen) atoms. The van der Waals surface area contributed by atoms with Gasteiger partial charge in [-0.1, -0.05) is 6.92 Å². The van der Waals surface area contributed by atoms with Gasteiger partial charge in [0.15, 0.2) is 0 Å². The van der Waals surface area contributed by atoms with Crippen molar-refractivity contribution in [2.24, 2.45) is 5.92 Å². The lowest BCUT2D eigenvalue weighted by Gasteiger charge is -2.10. The van der Waals surface area contributed by atoms with E-state index in [1.54, 1.807) is 19.1 Å². The molecular weight excluding hydrogens is 183 g/mol. The molecule has 0 spiro atoms. The minimum Gasteiger partial charge on any atom is -0.493 e. The van der Waals surface area contributed by atoms with E-state index in [1.807, 2.05) is 6.92 Å². The highest BCUT2D eigenvalue weighted by molar-refractivity contribution is 5.28. The van der Waals surface area contributed by atoms with E-state index >= 15 is 0 Å². The molecule has 0 radical (unpaired) electrons. The number of halogens is 1. The predicted octanol–water partition coefficient (Wildman–Crippen LogP) is 2.14. The van der Waals surface area contributed by atoms with E-state index in [9.17, 15) is 4.39 Å². The third-order valence-corrected chi connectivity index (χ3v) is 1.98. The van der Waals surface area contributed by atoms with Crippen LogP contribution in [0.25, 0.3) is 0 Å². The Hall–Kier alpha value is -1.09. The van der Waals surface area contributed by atoms with E-state index in [-0.39, 0.29) is 18.3 Å². The monoisotopic (exact) mass is 198 g/mol. The molecule has 2 nitrogen and oxygen atoms in total. The maximum Gasteiger partial charge on any atom is 0.126 e. The van der Waals surface area contributed by atoms with Crippen molar-refractivity contribution in [2.75, 3.05) is 13.2 Å². The fraction of sp³-hybridized carbons (Fsp3) is 0.455. The summed E-state index contributed by atoms with van der Waals surface area (Å²) in [5.41, 5.74) is 0.569. The summed E-state index contributed by atoms with van der Waals surface area (Å²) < 4.78 is 18.2. The van der Waals surface area contributed by atoms with Gasteiger partial charge in [0.05, 0.1) is 6.61 Å². The Morgan fingerprint density at radius 2 is 2.21 bits per heavy atom. The van der Waals surface area contributed by atoms with Crippen LogP contribution in [0.15, 0.2) is 18.2 Å². The molecule has 1 aromatic rings. The topological polar surface area (TPSA) is 29.5 Å². The van der Waals surface area contributed by atoms with E-state index in [0.717, 1.165) is 0 Å². The summed E-state index contributed by atoms with van der Waals surface area (Å²) >= 11 is 0. The van der Waals surface area contributed by atoms with Crippen LogP contribution >= 0.6 is 0 Å². The third-order valence-electron chi connectivity index (χ3n) is 1.98. The zero-order chi connectivity index (χ0) is 10.6. The van der Waals surface area contributed by atoms with Crippen LogP contribution in [0, 0.1) is 18.7 Å². The van der Waals surface area contributed by atoms with Crippen LogP contribution in [0.3, 0.4) is 0 Å². The standard InChI is InChI=1S/C11H15FO2/c1-8(6-13)7-14-10-3-4-11(12)9(2)5-10/h3-5,8,13H,6-7H2,1-2H3. The van der Waals surface area contributed by atoms with Crippen molar-refractivity contribution in [2.45, 2.75) is 13.8 Å². The second kappa shape index (κ2) is 4.96. The van der Waals surface area contributed by atoms with Crippen LogP contribution in [0.1, 0.15) is 12.5 Å². The molecule has 0 heterocycles. The van der Waals surface area contributed by atoms with Gasteiger partial charge in [-0.05, 0) is 30.7 Å². The van der Waals surface area contributed by atoms with Gasteiger partial charge >= 0.3 is 0 Å². The van der Waals surface area contributed by atoms with Crippen LogP contribution in [0.2, 0.25) is 0 Å². The number of ether oxygens (including phenoxy) is 1. The Bertz CT molecular complexity index is 299. The highest BCUT2D eigenvalue weighted by Gasteiger charge is 2.03. The molecule has 0 aliphatic rings. The van der Waals surface area contributed by atoms with E-state index in [2.05, 4.69) is 0 Å². The van der Waals surface area contributed by atoms with Crippen molar-refractivity contribution >= 4 is 0 Å². The van der Waals surface area contributed by atoms with E-state index in [0.29, 0.717) is 17.9 Å². The summed E-state index contributed by atoms with van der Waals surface area (Å²) in [6.45, 7) is 4.12. The largest absolute Gasteiger partial charge is 0.493 e. The van der Waals surface area contributed by atoms with Gasteiger partial charge in [-0.25, -0.2) is 4.39 Å². The first kappa shape index (κ1) is 11.0. The number of hydrogen-bond acceptors (Lipinski definition) is 2. The molecule has 1 aromatic carbocycles. The average molecular weight is 198 g/mol. The van der Waals surface area contributed by atoms with Crippen molar-refractivity contribution in [1.29, 1.82) is 0 Å². The number of aliphatic hydroxyl groups excluding tert-OH is 1. The number of benzene rings is 1. The summed E-state index contributed by atoms with van der Waals surface area (Å²) in [5, 5.41) is 8.77. The van der Waals surface area contributed by atoms with Gasteiger partial charge in [-0.2, -0.15) is 0 Å². The maximum atomic E-state index is 12.9. The fourth-order valence-corrected chi connectivity index (χ4v) is 0.998. The lowest BCUT2D eigenvalue weighted by Crippen LogP contribution is -2.12. The Labute approximate surface area is 83.3 Å². The summed E-state index contributed by atoms with van der Waals surface area (Å²) in [6, 6.07) is 4.63. The van der Waals surface area contributed by atoms with Gasteiger partial charge in [0.25, 0.3) is 0 Å². The van der Waals surface area contributed by atoms with Crippen molar-refractivity contribution in [3.63, 3.8) is 0 Å². The quantitative estimate of drug-likeness (QED) is 0.803. The second-order valence-corrected chi connectivity index (χ2v) is 3.51. The van der Waals surface area contributed by atoms with Gasteiger partial charge < -0.3 is 9.84 Å². The summed E-state index contributed by atoms with van der Waals surface area (Å²) in [5.74, 6) is 0.511. The zero-order valence-electron chi connectivity index (χ0n) is 8.46. The maximum absolute atomic E-state index is 12.9. The Morgan fingerprint density at radius 3 is 2.79 bits per heavy atom. The predicted molar refractivity (Wildman–Crippen MR) is 52.9 cm³/mol. The minimum atomic E-state index is -0.229. The van der Waals surface area contributed by atoms with Gasteiger partial charge in [0.1, 0.15) is 11.6 Å². The zero-order valence-corrected chi connectivity index (χ0v) is 8.46. The molecule has 0 aromatic heterocycles. The molecule has 0 saturated heterocycles. The SMILES string of the molecule is Cc1cc(OCC(C)CO)ccc1F. The van der Waals surface area contributed by atoms with Gasteiger partial charge in [-0.3, -0.25) is 0 Å². The number of aryl methyl sites for hydroxylation is 1. The molecule has 0 bridgehead atoms. The van der Waals surface area contributed by atoms with Crippen molar-refractivity contribution in [3.8, 4) is 5.75 Å². The second-order valence-electron chi connectivity index (χ2n) is 3.51. The molecule has 0 aliphatic heterocycles. The molecular formula is C11H15FO2. The number of rotatable bonds is 4. The van der Waals surface area contributed by atoms with Crippen LogP contribution in [0.4, 0.5) is 4.39 Å². The molecule has 3 heteroatoms. The first-order valence-corrected chi connectivity index (χ1v) is 4.63. The van der Waals surface area contributed by atoms with Gasteiger partial charge in [-0.15, -0.1) is 0 Å². The molecule has 0 amide bonds. The smallest absolute Gasteiger partial charge is 0.126 e. The number of hydrogen-bond donors (Lipinski definition) is 1. The normalized spacial score (nSPS) is 12.6. The summed E-state index contributed by atoms with van der Waals surface area (Å²) in [6.07, 6.45) is 0. The van der Waals surface area contributed by atoms with Gasteiger partial charge in [0.2, 0.25) is 0 Å². The first-order valence-electron chi connectivity index (χ1n) is 4.63. The van der Waals surface area contributed by atoms with Crippen molar-refractivity contribution in [1.82, 2.24) is 0 Å². The molecule has 0 fully saturated rings. The average Bonchev–Trinajstić information content (AvgIpc) is 2.19. The molecule has 1 atom stereocenters. The van der Waals surface area contributed by atoms with E-state index in [1.165, 1.54) is 6.07 Å². The minimum absolute atomic E-state index is 0.0974. The fourth-order valence-electron chi connectivity index (χ4n) is 0.998. The summed E-state index contributed by atoms with van der Waals surface area (Å²) in [7, 11) is 0. The Morgan fingerprint density at radius 1 is 1.50 bits per heavy atom. The first-order chi connectivity index (χ1) is 6.63. The van der Waals surface area contributed by atoms with Crippen LogP contribution in [-0.2, 0) is 0 Å². The molecule has 0 saturated carbocycles. The van der Waals surface area contributed by atoms with E-state index < -0.39 is 0 Å². The molecule has 1 rings (SSSR count). The van der Waals surface area contributed by atoms with Crippen molar-refractivity contribution < 1.29 is 14.2 Å². The Balaban J connectivity index is 2.55. The summed E-state index contributed by atoms with van der Waals surface area (Å²) in [4.78, 5) is 0. The molecule has 78 valence electrons. The Kier molecular flexibility index (Phi) is 3.89. The number of aliphatic hydroxyl groups is 1. The van der Waals surface area contributed by atoms with E-state index in [4.69, 9.17) is 9.84 Å². The van der Waals surface area contributed by atoms with Crippen molar-refractivity contribution in [3.05, 3.63) is 29.6 Å². The highest BCUT2D eigenvalue weighted by Crippen LogP contribution is 2.16.